The Bertz CT molecular complexity index is 914. The summed E-state index contributed by atoms with van der Waals surface area (Å²) in [6.45, 7) is 5.23. The van der Waals surface area contributed by atoms with Crippen molar-refractivity contribution < 1.29 is 14.4 Å². The normalized spacial score (nSPS) is 11.6. The number of halogens is 2. The molecule has 0 saturated carbocycles. The molecule has 0 aliphatic carbocycles. The van der Waals surface area contributed by atoms with E-state index in [2.05, 4.69) is 15.8 Å². The quantitative estimate of drug-likeness (QED) is 0.349. The van der Waals surface area contributed by atoms with E-state index < -0.39 is 11.6 Å². The van der Waals surface area contributed by atoms with Crippen LogP contribution in [0.1, 0.15) is 20.8 Å². The van der Waals surface area contributed by atoms with Crippen LogP contribution in [0, 0.1) is 0 Å². The van der Waals surface area contributed by atoms with Gasteiger partial charge in [0.05, 0.1) is 11.3 Å². The van der Waals surface area contributed by atoms with Crippen LogP contribution in [0.4, 0.5) is 21.0 Å². The van der Waals surface area contributed by atoms with Crippen LogP contribution in [0.3, 0.4) is 0 Å². The number of nitrogens with zero attached hydrogens (tertiary/aromatic N) is 2. The Balaban J connectivity index is 1.98. The topological polar surface area (TPSA) is 83.0 Å². The highest BCUT2D eigenvalue weighted by Gasteiger charge is 2.31. The van der Waals surface area contributed by atoms with E-state index in [-0.39, 0.29) is 6.03 Å². The van der Waals surface area contributed by atoms with Crippen LogP contribution in [-0.4, -0.2) is 35.3 Å². The number of benzene rings is 2. The fraction of sp³-hybridized carbons (Fsp3) is 0.250. The summed E-state index contributed by atoms with van der Waals surface area (Å²) in [7, 11) is 1.62. The third kappa shape index (κ3) is 6.37. The molecule has 0 radical (unpaired) electrons. The zero-order valence-electron chi connectivity index (χ0n) is 16.5. The van der Waals surface area contributed by atoms with Crippen molar-refractivity contribution in [2.45, 2.75) is 26.3 Å². The number of anilines is 2. The van der Waals surface area contributed by atoms with Gasteiger partial charge in [0.1, 0.15) is 0 Å². The molecule has 9 heteroatoms. The maximum absolute atomic E-state index is 12.6. The van der Waals surface area contributed by atoms with Crippen molar-refractivity contribution in [3.8, 4) is 0 Å². The molecule has 2 aromatic carbocycles. The molecule has 0 unspecified atom stereocenters. The van der Waals surface area contributed by atoms with E-state index in [1.54, 1.807) is 76.3 Å². The fourth-order valence-electron chi connectivity index (χ4n) is 2.17. The van der Waals surface area contributed by atoms with E-state index in [9.17, 15) is 9.59 Å². The minimum atomic E-state index is -0.830. The maximum atomic E-state index is 12.6. The molecular formula is C20H22Cl2N4O3. The first-order chi connectivity index (χ1) is 13.6. The molecule has 3 amide bonds. The molecular weight excluding hydrogens is 415 g/mol. The van der Waals surface area contributed by atoms with Crippen molar-refractivity contribution in [3.05, 3.63) is 58.6 Å². The summed E-state index contributed by atoms with van der Waals surface area (Å²) in [5.41, 5.74) is 0.679. The first kappa shape index (κ1) is 22.5. The summed E-state index contributed by atoms with van der Waals surface area (Å²) < 4.78 is 0. The molecule has 0 atom stereocenters. The second-order valence-corrected chi connectivity index (χ2v) is 7.62. The van der Waals surface area contributed by atoms with Gasteiger partial charge in [-0.2, -0.15) is 0 Å². The van der Waals surface area contributed by atoms with Crippen molar-refractivity contribution in [1.82, 2.24) is 4.90 Å². The first-order valence-electron chi connectivity index (χ1n) is 8.68. The Kier molecular flexibility index (Phi) is 7.47. The van der Waals surface area contributed by atoms with Crippen molar-refractivity contribution in [2.75, 3.05) is 17.7 Å². The van der Waals surface area contributed by atoms with Gasteiger partial charge in [0.15, 0.2) is 0 Å². The smallest absolute Gasteiger partial charge is 0.317 e. The Morgan fingerprint density at radius 2 is 1.66 bits per heavy atom. The molecule has 0 fully saturated rings. The number of carbonyl (C=O) groups is 2. The maximum Gasteiger partial charge on any atom is 0.437 e. The standard InChI is InChI=1S/C20H22Cl2N4O3/c1-13(25-29-19(28)24-16-10-8-14(21)9-11-16)20(2,3)26(4)18(27)23-17-7-5-6-15(22)12-17/h5-12H,1-4H3,(H,23,27)(H,24,28). The van der Waals surface area contributed by atoms with Gasteiger partial charge in [-0.3, -0.25) is 10.2 Å². The van der Waals surface area contributed by atoms with Crippen LogP contribution in [-0.2, 0) is 4.84 Å². The summed E-state index contributed by atoms with van der Waals surface area (Å²) in [5.74, 6) is 0. The van der Waals surface area contributed by atoms with E-state index in [0.29, 0.717) is 27.1 Å². The molecule has 0 aromatic heterocycles. The summed E-state index contributed by atoms with van der Waals surface area (Å²) in [6.07, 6.45) is -0.756. The van der Waals surface area contributed by atoms with Crippen molar-refractivity contribution in [3.63, 3.8) is 0 Å². The molecule has 2 N–H and O–H groups in total. The first-order valence-corrected chi connectivity index (χ1v) is 9.44. The minimum Gasteiger partial charge on any atom is -0.317 e. The minimum absolute atomic E-state index is 0.363. The lowest BCUT2D eigenvalue weighted by Crippen LogP contribution is -2.51. The summed E-state index contributed by atoms with van der Waals surface area (Å²) in [4.78, 5) is 30.9. The third-order valence-electron chi connectivity index (χ3n) is 4.46. The molecule has 0 aliphatic heterocycles. The van der Waals surface area contributed by atoms with E-state index in [4.69, 9.17) is 28.0 Å². The van der Waals surface area contributed by atoms with Gasteiger partial charge in [0.2, 0.25) is 0 Å². The molecule has 0 spiro atoms. The zero-order valence-corrected chi connectivity index (χ0v) is 18.0. The molecule has 0 bridgehead atoms. The van der Waals surface area contributed by atoms with Gasteiger partial charge in [-0.15, -0.1) is 0 Å². The second-order valence-electron chi connectivity index (χ2n) is 6.75. The van der Waals surface area contributed by atoms with E-state index >= 15 is 0 Å². The van der Waals surface area contributed by atoms with Crippen molar-refractivity contribution in [1.29, 1.82) is 0 Å². The van der Waals surface area contributed by atoms with Gasteiger partial charge in [0.25, 0.3) is 0 Å². The predicted molar refractivity (Wildman–Crippen MR) is 117 cm³/mol. The van der Waals surface area contributed by atoms with Gasteiger partial charge in [-0.05, 0) is 63.2 Å². The lowest BCUT2D eigenvalue weighted by Gasteiger charge is -2.35. The van der Waals surface area contributed by atoms with Gasteiger partial charge < -0.3 is 10.2 Å². The SMILES string of the molecule is CC(=NOC(=O)Nc1ccc(Cl)cc1)C(C)(C)N(C)C(=O)Nc1cccc(Cl)c1. The Morgan fingerprint density at radius 3 is 2.28 bits per heavy atom. The van der Waals surface area contributed by atoms with Gasteiger partial charge in [0, 0.05) is 28.5 Å². The average molecular weight is 437 g/mol. The second kappa shape index (κ2) is 9.62. The predicted octanol–water partition coefficient (Wildman–Crippen LogP) is 5.86. The molecule has 7 nitrogen and oxygen atoms in total. The van der Waals surface area contributed by atoms with Crippen LogP contribution < -0.4 is 10.6 Å². The van der Waals surface area contributed by atoms with Crippen LogP contribution in [0.5, 0.6) is 0 Å². The number of carbonyl (C=O) groups excluding carboxylic acids is 2. The van der Waals surface area contributed by atoms with Gasteiger partial charge in [-0.25, -0.2) is 9.59 Å². The average Bonchev–Trinajstić information content (AvgIpc) is 2.67. The Hall–Kier alpha value is -2.77. The fourth-order valence-corrected chi connectivity index (χ4v) is 2.48. The Labute approximate surface area is 179 Å². The summed E-state index contributed by atoms with van der Waals surface area (Å²) >= 11 is 11.7. The lowest BCUT2D eigenvalue weighted by molar-refractivity contribution is 0.162. The zero-order chi connectivity index (χ0) is 21.6. The number of hydrogen-bond acceptors (Lipinski definition) is 4. The van der Waals surface area contributed by atoms with Gasteiger partial charge in [-0.1, -0.05) is 34.4 Å². The van der Waals surface area contributed by atoms with Crippen LogP contribution >= 0.6 is 23.2 Å². The highest BCUT2D eigenvalue weighted by Crippen LogP contribution is 2.20. The van der Waals surface area contributed by atoms with Crippen LogP contribution in [0.15, 0.2) is 53.7 Å². The summed E-state index contributed by atoms with van der Waals surface area (Å²) in [5, 5.41) is 10.2. The molecule has 29 heavy (non-hydrogen) atoms. The number of amides is 3. The molecule has 0 aliphatic rings. The van der Waals surface area contributed by atoms with E-state index in [1.807, 2.05) is 0 Å². The molecule has 2 aromatic rings. The van der Waals surface area contributed by atoms with Crippen molar-refractivity contribution >= 4 is 52.4 Å². The number of rotatable bonds is 5. The van der Waals surface area contributed by atoms with Crippen molar-refractivity contribution in [2.24, 2.45) is 5.16 Å². The number of oxime groups is 1. The molecule has 0 saturated heterocycles. The van der Waals surface area contributed by atoms with E-state index in [0.717, 1.165) is 0 Å². The monoisotopic (exact) mass is 436 g/mol. The Morgan fingerprint density at radius 1 is 1.00 bits per heavy atom. The molecule has 0 heterocycles. The summed E-state index contributed by atoms with van der Waals surface area (Å²) in [6, 6.07) is 13.0. The largest absolute Gasteiger partial charge is 0.437 e. The number of nitrogens with one attached hydrogen (secondary N) is 2. The lowest BCUT2D eigenvalue weighted by atomic mass is 9.98. The highest BCUT2D eigenvalue weighted by atomic mass is 35.5. The molecule has 2 rings (SSSR count). The highest BCUT2D eigenvalue weighted by molar-refractivity contribution is 6.31. The third-order valence-corrected chi connectivity index (χ3v) is 4.95. The van der Waals surface area contributed by atoms with Crippen LogP contribution in [0.2, 0.25) is 10.0 Å². The molecule has 154 valence electrons. The van der Waals surface area contributed by atoms with E-state index in [1.165, 1.54) is 4.90 Å². The van der Waals surface area contributed by atoms with Gasteiger partial charge >= 0.3 is 12.1 Å². The number of urea groups is 1. The van der Waals surface area contributed by atoms with Crippen LogP contribution in [0.25, 0.3) is 0 Å². The number of hydrogen-bond donors (Lipinski definition) is 2.